The summed E-state index contributed by atoms with van der Waals surface area (Å²) in [5.74, 6) is 1.46. The number of aromatic nitrogens is 2. The van der Waals surface area contributed by atoms with Crippen LogP contribution >= 0.6 is 0 Å². The second-order valence-corrected chi connectivity index (χ2v) is 5.72. The summed E-state index contributed by atoms with van der Waals surface area (Å²) in [5, 5.41) is 7.54. The van der Waals surface area contributed by atoms with Crippen molar-refractivity contribution in [1.82, 2.24) is 25.3 Å². The Morgan fingerprint density at radius 3 is 2.95 bits per heavy atom. The number of rotatable bonds is 7. The van der Waals surface area contributed by atoms with Gasteiger partial charge in [-0.3, -0.25) is 4.90 Å². The van der Waals surface area contributed by atoms with Gasteiger partial charge in [0, 0.05) is 39.2 Å². The van der Waals surface area contributed by atoms with Gasteiger partial charge in [-0.2, -0.15) is 4.98 Å². The van der Waals surface area contributed by atoms with E-state index in [2.05, 4.69) is 46.3 Å². The van der Waals surface area contributed by atoms with Crippen LogP contribution in [0.25, 0.3) is 0 Å². The van der Waals surface area contributed by atoms with Crippen LogP contribution in [0.1, 0.15) is 24.7 Å². The summed E-state index contributed by atoms with van der Waals surface area (Å²) in [6.07, 6.45) is 0.695. The molecule has 2 unspecified atom stereocenters. The molecule has 0 aliphatic carbocycles. The van der Waals surface area contributed by atoms with Crippen molar-refractivity contribution in [2.24, 2.45) is 0 Å². The Morgan fingerprint density at radius 1 is 1.43 bits per heavy atom. The summed E-state index contributed by atoms with van der Waals surface area (Å²) in [7, 11) is 5.94. The lowest BCUT2D eigenvalue weighted by Crippen LogP contribution is -2.45. The molecule has 0 amide bonds. The molecule has 1 aromatic rings. The first kappa shape index (κ1) is 16.4. The summed E-state index contributed by atoms with van der Waals surface area (Å²) >= 11 is 0. The molecule has 1 N–H and O–H groups in total. The summed E-state index contributed by atoms with van der Waals surface area (Å²) < 4.78 is 10.6. The molecule has 120 valence electrons. The molecule has 1 saturated heterocycles. The third kappa shape index (κ3) is 4.47. The third-order valence-electron chi connectivity index (χ3n) is 3.91. The molecule has 0 aromatic carbocycles. The molecule has 2 rings (SSSR count). The van der Waals surface area contributed by atoms with Gasteiger partial charge in [-0.05, 0) is 20.6 Å². The van der Waals surface area contributed by atoms with E-state index in [0.717, 1.165) is 32.0 Å². The standard InChI is InChI=1S/C14H27N5O2/c1-5-15-11(10-20-4)8-13-16-14(17-21-13)12-9-18(2)6-7-19(12)3/h11-12,15H,5-10H2,1-4H3. The molecule has 2 heterocycles. The van der Waals surface area contributed by atoms with E-state index >= 15 is 0 Å². The van der Waals surface area contributed by atoms with Crippen molar-refractivity contribution in [2.45, 2.75) is 25.4 Å². The third-order valence-corrected chi connectivity index (χ3v) is 3.91. The second kappa shape index (κ2) is 7.84. The lowest BCUT2D eigenvalue weighted by Gasteiger charge is -2.35. The summed E-state index contributed by atoms with van der Waals surface area (Å²) in [5.41, 5.74) is 0. The maximum atomic E-state index is 5.42. The van der Waals surface area contributed by atoms with Crippen LogP contribution in [0.2, 0.25) is 0 Å². The van der Waals surface area contributed by atoms with Crippen LogP contribution in [-0.4, -0.2) is 80.0 Å². The number of ether oxygens (including phenoxy) is 1. The van der Waals surface area contributed by atoms with E-state index in [-0.39, 0.29) is 12.1 Å². The van der Waals surface area contributed by atoms with Gasteiger partial charge in [-0.25, -0.2) is 0 Å². The quantitative estimate of drug-likeness (QED) is 0.768. The predicted octanol–water partition coefficient (Wildman–Crippen LogP) is 0.155. The largest absolute Gasteiger partial charge is 0.383 e. The molecular formula is C14H27N5O2. The Labute approximate surface area is 126 Å². The molecule has 0 spiro atoms. The average molecular weight is 297 g/mol. The minimum absolute atomic E-state index is 0.208. The molecule has 1 aliphatic rings. The first-order valence-corrected chi connectivity index (χ1v) is 7.57. The summed E-state index contributed by atoms with van der Waals surface area (Å²) in [6, 6.07) is 0.418. The number of likely N-dealkylation sites (N-methyl/N-ethyl adjacent to an activating group) is 3. The van der Waals surface area contributed by atoms with Gasteiger partial charge >= 0.3 is 0 Å². The van der Waals surface area contributed by atoms with E-state index in [1.165, 1.54) is 0 Å². The summed E-state index contributed by atoms with van der Waals surface area (Å²) in [6.45, 7) is 6.64. The van der Waals surface area contributed by atoms with Gasteiger partial charge in [0.1, 0.15) is 0 Å². The lowest BCUT2D eigenvalue weighted by atomic mass is 10.1. The normalized spacial score (nSPS) is 22.6. The Morgan fingerprint density at radius 2 is 2.24 bits per heavy atom. The van der Waals surface area contributed by atoms with E-state index < -0.39 is 0 Å². The maximum Gasteiger partial charge on any atom is 0.228 e. The number of methoxy groups -OCH3 is 1. The van der Waals surface area contributed by atoms with Crippen LogP contribution in [0.3, 0.4) is 0 Å². The molecule has 1 aromatic heterocycles. The smallest absolute Gasteiger partial charge is 0.228 e. The SMILES string of the molecule is CCNC(COC)Cc1nc(C2CN(C)CCN2C)no1. The van der Waals surface area contributed by atoms with Crippen LogP contribution in [0.15, 0.2) is 4.52 Å². The van der Waals surface area contributed by atoms with E-state index in [9.17, 15) is 0 Å². The number of hydrogen-bond acceptors (Lipinski definition) is 7. The van der Waals surface area contributed by atoms with Crippen LogP contribution < -0.4 is 5.32 Å². The Hall–Kier alpha value is -1.02. The van der Waals surface area contributed by atoms with Gasteiger partial charge in [0.2, 0.25) is 5.89 Å². The molecule has 0 saturated carbocycles. The van der Waals surface area contributed by atoms with Gasteiger partial charge in [0.05, 0.1) is 12.6 Å². The molecule has 0 radical (unpaired) electrons. The monoisotopic (exact) mass is 297 g/mol. The van der Waals surface area contributed by atoms with Crippen LogP contribution in [0, 0.1) is 0 Å². The van der Waals surface area contributed by atoms with Crippen molar-refractivity contribution in [3.05, 3.63) is 11.7 Å². The summed E-state index contributed by atoms with van der Waals surface area (Å²) in [4.78, 5) is 9.16. The van der Waals surface area contributed by atoms with Crippen LogP contribution in [0.4, 0.5) is 0 Å². The van der Waals surface area contributed by atoms with Gasteiger partial charge in [-0.1, -0.05) is 12.1 Å². The molecule has 7 nitrogen and oxygen atoms in total. The first-order valence-electron chi connectivity index (χ1n) is 7.57. The minimum atomic E-state index is 0.208. The molecule has 1 aliphatic heterocycles. The van der Waals surface area contributed by atoms with Crippen LogP contribution in [-0.2, 0) is 11.2 Å². The van der Waals surface area contributed by atoms with E-state index in [0.29, 0.717) is 18.9 Å². The van der Waals surface area contributed by atoms with Crippen molar-refractivity contribution in [2.75, 3.05) is 54.0 Å². The zero-order chi connectivity index (χ0) is 15.2. The van der Waals surface area contributed by atoms with E-state index in [1.54, 1.807) is 7.11 Å². The zero-order valence-electron chi connectivity index (χ0n) is 13.5. The highest BCUT2D eigenvalue weighted by atomic mass is 16.5. The van der Waals surface area contributed by atoms with Crippen molar-refractivity contribution in [3.63, 3.8) is 0 Å². The maximum absolute atomic E-state index is 5.42. The lowest BCUT2D eigenvalue weighted by molar-refractivity contribution is 0.108. The van der Waals surface area contributed by atoms with Gasteiger partial charge in [0.15, 0.2) is 5.82 Å². The first-order chi connectivity index (χ1) is 10.1. The van der Waals surface area contributed by atoms with Crippen LogP contribution in [0.5, 0.6) is 0 Å². The van der Waals surface area contributed by atoms with Crippen molar-refractivity contribution >= 4 is 0 Å². The fraction of sp³-hybridized carbons (Fsp3) is 0.857. The number of nitrogens with one attached hydrogen (secondary N) is 1. The van der Waals surface area contributed by atoms with Crippen molar-refractivity contribution in [3.8, 4) is 0 Å². The minimum Gasteiger partial charge on any atom is -0.383 e. The second-order valence-electron chi connectivity index (χ2n) is 5.72. The molecule has 0 bridgehead atoms. The fourth-order valence-corrected chi connectivity index (χ4v) is 2.67. The van der Waals surface area contributed by atoms with E-state index in [1.807, 2.05) is 0 Å². The Kier molecular flexibility index (Phi) is 6.10. The zero-order valence-corrected chi connectivity index (χ0v) is 13.5. The molecule has 7 heteroatoms. The molecule has 1 fully saturated rings. The van der Waals surface area contributed by atoms with Crippen molar-refractivity contribution < 1.29 is 9.26 Å². The Bertz CT molecular complexity index is 419. The molecule has 21 heavy (non-hydrogen) atoms. The molecule has 2 atom stereocenters. The van der Waals surface area contributed by atoms with Crippen molar-refractivity contribution in [1.29, 1.82) is 0 Å². The van der Waals surface area contributed by atoms with Gasteiger partial charge in [0.25, 0.3) is 0 Å². The van der Waals surface area contributed by atoms with Gasteiger partial charge in [-0.15, -0.1) is 0 Å². The highest BCUT2D eigenvalue weighted by Crippen LogP contribution is 2.21. The highest BCUT2D eigenvalue weighted by Gasteiger charge is 2.28. The topological polar surface area (TPSA) is 66.7 Å². The number of piperazine rings is 1. The van der Waals surface area contributed by atoms with E-state index in [4.69, 9.17) is 9.26 Å². The predicted molar refractivity (Wildman–Crippen MR) is 80.2 cm³/mol. The number of hydrogen-bond donors (Lipinski definition) is 1. The fourth-order valence-electron chi connectivity index (χ4n) is 2.67. The Balaban J connectivity index is 1.99. The molecular weight excluding hydrogens is 270 g/mol. The van der Waals surface area contributed by atoms with Gasteiger partial charge < -0.3 is 19.5 Å². The highest BCUT2D eigenvalue weighted by molar-refractivity contribution is 4.99. The average Bonchev–Trinajstić information content (AvgIpc) is 2.90. The number of nitrogens with zero attached hydrogens (tertiary/aromatic N) is 4.